The number of aromatic nitrogens is 1. The average Bonchev–Trinajstić information content (AvgIpc) is 3.74. The van der Waals surface area contributed by atoms with Crippen molar-refractivity contribution in [3.8, 4) is 5.75 Å². The first-order chi connectivity index (χ1) is 20.4. The number of carbonyl (C=O) groups excluding carboxylic acids is 2. The van der Waals surface area contributed by atoms with E-state index in [1.165, 1.54) is 12.8 Å². The Morgan fingerprint density at radius 3 is 2.32 bits per heavy atom. The van der Waals surface area contributed by atoms with Crippen molar-refractivity contribution in [2.45, 2.75) is 76.3 Å². The topological polar surface area (TPSA) is 78.0 Å². The van der Waals surface area contributed by atoms with Gasteiger partial charge in [0, 0.05) is 60.8 Å². The molecule has 4 heterocycles. The predicted molar refractivity (Wildman–Crippen MR) is 181 cm³/mol. The normalized spacial score (nSPS) is 18.7. The molecule has 3 saturated heterocycles. The Morgan fingerprint density at radius 2 is 1.66 bits per heavy atom. The monoisotopic (exact) mass is 687 g/mol. The van der Waals surface area contributed by atoms with Crippen LogP contribution in [0.5, 0.6) is 5.75 Å². The van der Waals surface area contributed by atoms with E-state index < -0.39 is 6.04 Å². The van der Waals surface area contributed by atoms with Gasteiger partial charge < -0.3 is 19.9 Å². The quantitative estimate of drug-likeness (QED) is 0.304. The SMILES string of the molecule is CC[C@H](COc1cccnc1C1CCN(C(=O)[C@@H](Cc2ccc(Cl)cc2Cl)NC(=O)N2CCCC2)CC1)N1CCCC1.Cl.Cl. The zero-order chi connectivity index (χ0) is 29.5. The Labute approximate surface area is 284 Å². The summed E-state index contributed by atoms with van der Waals surface area (Å²) in [5, 5.41) is 4.05. The fourth-order valence-electron chi connectivity index (χ4n) is 6.47. The first kappa shape index (κ1) is 36.5. The van der Waals surface area contributed by atoms with Crippen molar-refractivity contribution in [1.29, 1.82) is 0 Å². The fraction of sp³-hybridized carbons (Fsp3) is 0.594. The molecule has 1 aromatic carbocycles. The van der Waals surface area contributed by atoms with Crippen molar-refractivity contribution in [2.24, 2.45) is 0 Å². The molecule has 0 saturated carbocycles. The van der Waals surface area contributed by atoms with Crippen LogP contribution in [-0.2, 0) is 11.2 Å². The number of halogens is 4. The van der Waals surface area contributed by atoms with Gasteiger partial charge in [-0.3, -0.25) is 14.7 Å². The van der Waals surface area contributed by atoms with Crippen LogP contribution in [0.2, 0.25) is 10.0 Å². The molecule has 2 atom stereocenters. The van der Waals surface area contributed by atoms with Crippen molar-refractivity contribution in [3.63, 3.8) is 0 Å². The number of pyridine rings is 1. The van der Waals surface area contributed by atoms with E-state index in [2.05, 4.69) is 17.1 Å². The average molecular weight is 690 g/mol. The Morgan fingerprint density at radius 1 is 0.977 bits per heavy atom. The molecule has 1 N–H and O–H groups in total. The molecule has 2 aromatic rings. The molecule has 3 amide bonds. The summed E-state index contributed by atoms with van der Waals surface area (Å²) < 4.78 is 6.39. The molecule has 244 valence electrons. The highest BCUT2D eigenvalue weighted by molar-refractivity contribution is 6.35. The molecule has 0 aliphatic carbocycles. The molecule has 3 aliphatic heterocycles. The number of nitrogens with zero attached hydrogens (tertiary/aromatic N) is 4. The van der Waals surface area contributed by atoms with Crippen LogP contribution in [0.1, 0.15) is 69.0 Å². The smallest absolute Gasteiger partial charge is 0.318 e. The summed E-state index contributed by atoms with van der Waals surface area (Å²) in [7, 11) is 0. The number of rotatable bonds is 10. The first-order valence-electron chi connectivity index (χ1n) is 15.5. The second kappa shape index (κ2) is 17.7. The van der Waals surface area contributed by atoms with Crippen LogP contribution in [0.25, 0.3) is 0 Å². The summed E-state index contributed by atoms with van der Waals surface area (Å²) in [6.07, 6.45) is 9.28. The molecule has 0 radical (unpaired) electrons. The van der Waals surface area contributed by atoms with Gasteiger partial charge in [0.1, 0.15) is 18.4 Å². The number of piperidine rings is 1. The van der Waals surface area contributed by atoms with Gasteiger partial charge in [-0.25, -0.2) is 4.79 Å². The van der Waals surface area contributed by atoms with Crippen LogP contribution < -0.4 is 10.1 Å². The van der Waals surface area contributed by atoms with Crippen molar-refractivity contribution in [2.75, 3.05) is 45.9 Å². The number of ether oxygens (including phenoxy) is 1. The van der Waals surface area contributed by atoms with Gasteiger partial charge in [0.05, 0.1) is 5.69 Å². The van der Waals surface area contributed by atoms with E-state index in [1.807, 2.05) is 29.3 Å². The number of benzene rings is 1. The number of urea groups is 1. The van der Waals surface area contributed by atoms with Crippen LogP contribution >= 0.6 is 48.0 Å². The number of amides is 3. The lowest BCUT2D eigenvalue weighted by atomic mass is 9.91. The van der Waals surface area contributed by atoms with Crippen LogP contribution in [0.4, 0.5) is 4.79 Å². The Bertz CT molecular complexity index is 1220. The molecule has 5 rings (SSSR count). The summed E-state index contributed by atoms with van der Waals surface area (Å²) in [6, 6.07) is 8.74. The predicted octanol–water partition coefficient (Wildman–Crippen LogP) is 6.61. The molecule has 0 spiro atoms. The molecule has 1 aromatic heterocycles. The van der Waals surface area contributed by atoms with Crippen LogP contribution in [0, 0.1) is 0 Å². The third-order valence-electron chi connectivity index (χ3n) is 8.98. The van der Waals surface area contributed by atoms with E-state index in [9.17, 15) is 9.59 Å². The van der Waals surface area contributed by atoms with Gasteiger partial charge in [0.15, 0.2) is 0 Å². The third kappa shape index (κ3) is 9.29. The molecule has 3 aliphatic rings. The highest BCUT2D eigenvalue weighted by Gasteiger charge is 2.33. The first-order valence-corrected chi connectivity index (χ1v) is 16.3. The minimum Gasteiger partial charge on any atom is -0.490 e. The van der Waals surface area contributed by atoms with Crippen molar-refractivity contribution in [3.05, 3.63) is 57.8 Å². The van der Waals surface area contributed by atoms with Crippen LogP contribution in [0.15, 0.2) is 36.5 Å². The summed E-state index contributed by atoms with van der Waals surface area (Å²) in [5.41, 5.74) is 1.76. The minimum atomic E-state index is -0.710. The lowest BCUT2D eigenvalue weighted by Crippen LogP contribution is -2.54. The Balaban J connectivity index is 0.00000264. The molecule has 0 unspecified atom stereocenters. The van der Waals surface area contributed by atoms with Gasteiger partial charge in [0.2, 0.25) is 5.91 Å². The maximum atomic E-state index is 13.9. The van der Waals surface area contributed by atoms with Gasteiger partial charge >= 0.3 is 6.03 Å². The van der Waals surface area contributed by atoms with Crippen molar-refractivity contribution in [1.82, 2.24) is 25.0 Å². The lowest BCUT2D eigenvalue weighted by Gasteiger charge is -2.35. The number of nitrogens with one attached hydrogen (secondary N) is 1. The number of hydrogen-bond acceptors (Lipinski definition) is 5. The molecule has 8 nitrogen and oxygen atoms in total. The summed E-state index contributed by atoms with van der Waals surface area (Å²) in [6.45, 7) is 7.81. The highest BCUT2D eigenvalue weighted by atomic mass is 35.5. The molecule has 44 heavy (non-hydrogen) atoms. The zero-order valence-corrected chi connectivity index (χ0v) is 28.5. The molecular weight excluding hydrogens is 644 g/mol. The van der Waals surface area contributed by atoms with Gasteiger partial charge in [0.25, 0.3) is 0 Å². The second-order valence-electron chi connectivity index (χ2n) is 11.7. The summed E-state index contributed by atoms with van der Waals surface area (Å²) in [5.74, 6) is 0.981. The summed E-state index contributed by atoms with van der Waals surface area (Å²) in [4.78, 5) is 37.8. The Hall–Kier alpha value is -1.97. The van der Waals surface area contributed by atoms with Crippen molar-refractivity contribution >= 4 is 60.0 Å². The van der Waals surface area contributed by atoms with Crippen LogP contribution in [0.3, 0.4) is 0 Å². The molecule has 0 bridgehead atoms. The fourth-order valence-corrected chi connectivity index (χ4v) is 6.95. The van der Waals surface area contributed by atoms with E-state index >= 15 is 0 Å². The lowest BCUT2D eigenvalue weighted by molar-refractivity contribution is -0.134. The van der Waals surface area contributed by atoms with Crippen LogP contribution in [-0.4, -0.2) is 89.6 Å². The van der Waals surface area contributed by atoms with E-state index in [1.54, 1.807) is 17.0 Å². The van der Waals surface area contributed by atoms with Gasteiger partial charge in [-0.2, -0.15) is 0 Å². The van der Waals surface area contributed by atoms with E-state index in [0.29, 0.717) is 55.3 Å². The van der Waals surface area contributed by atoms with E-state index in [4.69, 9.17) is 32.9 Å². The number of likely N-dealkylation sites (tertiary alicyclic amines) is 3. The molecule has 12 heteroatoms. The zero-order valence-electron chi connectivity index (χ0n) is 25.4. The van der Waals surface area contributed by atoms with Gasteiger partial charge in [-0.1, -0.05) is 36.2 Å². The number of hydrogen-bond donors (Lipinski definition) is 1. The van der Waals surface area contributed by atoms with E-state index in [0.717, 1.165) is 62.2 Å². The number of carbonyl (C=O) groups is 2. The van der Waals surface area contributed by atoms with Gasteiger partial charge in [-0.15, -0.1) is 24.8 Å². The second-order valence-corrected chi connectivity index (χ2v) is 12.6. The summed E-state index contributed by atoms with van der Waals surface area (Å²) >= 11 is 12.6. The molecule has 3 fully saturated rings. The van der Waals surface area contributed by atoms with Crippen molar-refractivity contribution < 1.29 is 14.3 Å². The maximum Gasteiger partial charge on any atom is 0.318 e. The Kier molecular flexibility index (Phi) is 14.6. The third-order valence-corrected chi connectivity index (χ3v) is 9.57. The molecular formula is C32H45Cl4N5O3. The standard InChI is InChI=1S/C32H43Cl2N5O3.2ClH/c1-2-26(37-14-3-4-15-37)22-42-29-8-7-13-35-30(29)23-11-18-38(19-12-23)31(40)28(36-32(41)39-16-5-6-17-39)20-24-9-10-25(33)21-27(24)34;;/h7-10,13,21,23,26,28H,2-6,11-12,14-20,22H2,1H3,(H,36,41);2*1H/t26-,28-;;/m1../s1. The minimum absolute atomic E-state index is 0. The van der Waals surface area contributed by atoms with E-state index in [-0.39, 0.29) is 42.7 Å². The largest absolute Gasteiger partial charge is 0.490 e. The highest BCUT2D eigenvalue weighted by Crippen LogP contribution is 2.33. The van der Waals surface area contributed by atoms with Gasteiger partial charge in [-0.05, 0) is 87.9 Å². The maximum absolute atomic E-state index is 13.9.